The first kappa shape index (κ1) is 13.7. The van der Waals surface area contributed by atoms with E-state index in [9.17, 15) is 5.11 Å². The van der Waals surface area contributed by atoms with Crippen molar-refractivity contribution in [3.05, 3.63) is 40.7 Å². The second kappa shape index (κ2) is 5.95. The second-order valence-corrected chi connectivity index (χ2v) is 4.64. The van der Waals surface area contributed by atoms with Crippen LogP contribution in [-0.4, -0.2) is 22.0 Å². The van der Waals surface area contributed by atoms with E-state index in [2.05, 4.69) is 10.4 Å². The van der Waals surface area contributed by atoms with E-state index in [-0.39, 0.29) is 5.75 Å². The van der Waals surface area contributed by atoms with Gasteiger partial charge >= 0.3 is 0 Å². The summed E-state index contributed by atoms with van der Waals surface area (Å²) in [7, 11) is 3.37. The third-order valence-corrected chi connectivity index (χ3v) is 2.95. The molecule has 1 heterocycles. The van der Waals surface area contributed by atoms with Gasteiger partial charge in [0.25, 0.3) is 0 Å². The van der Waals surface area contributed by atoms with Crippen LogP contribution in [0.2, 0.25) is 5.02 Å². The molecule has 19 heavy (non-hydrogen) atoms. The number of phenolic OH excluding ortho intramolecular Hbond substituents is 1. The van der Waals surface area contributed by atoms with Gasteiger partial charge in [0.2, 0.25) is 0 Å². The molecule has 0 radical (unpaired) electrons. The number of halogens is 1. The summed E-state index contributed by atoms with van der Waals surface area (Å²) in [6, 6.07) is 5.23. The van der Waals surface area contributed by atoms with Crippen molar-refractivity contribution in [2.75, 3.05) is 7.11 Å². The van der Waals surface area contributed by atoms with Crippen molar-refractivity contribution in [1.29, 1.82) is 0 Å². The van der Waals surface area contributed by atoms with Crippen molar-refractivity contribution in [1.82, 2.24) is 15.1 Å². The van der Waals surface area contributed by atoms with E-state index in [1.54, 1.807) is 16.8 Å². The first-order valence-electron chi connectivity index (χ1n) is 5.84. The van der Waals surface area contributed by atoms with Crippen LogP contribution in [0.5, 0.6) is 11.5 Å². The average molecular weight is 282 g/mol. The van der Waals surface area contributed by atoms with Gasteiger partial charge in [-0.05, 0) is 12.1 Å². The minimum absolute atomic E-state index is 0.112. The van der Waals surface area contributed by atoms with Crippen LogP contribution in [0.15, 0.2) is 24.4 Å². The zero-order valence-electron chi connectivity index (χ0n) is 10.9. The quantitative estimate of drug-likeness (QED) is 0.881. The van der Waals surface area contributed by atoms with E-state index in [1.165, 1.54) is 7.11 Å². The molecule has 0 unspecified atom stereocenters. The molecule has 0 saturated heterocycles. The summed E-state index contributed by atoms with van der Waals surface area (Å²) in [6.07, 6.45) is 1.89. The Bertz CT molecular complexity index is 569. The van der Waals surface area contributed by atoms with E-state index in [0.29, 0.717) is 29.4 Å². The number of phenols is 1. The summed E-state index contributed by atoms with van der Waals surface area (Å²) in [5.41, 5.74) is 1.64. The Morgan fingerprint density at radius 1 is 1.42 bits per heavy atom. The van der Waals surface area contributed by atoms with Gasteiger partial charge in [-0.2, -0.15) is 5.10 Å². The topological polar surface area (TPSA) is 59.3 Å². The second-order valence-electron chi connectivity index (χ2n) is 4.20. The average Bonchev–Trinajstić information content (AvgIpc) is 2.79. The molecule has 0 fully saturated rings. The summed E-state index contributed by atoms with van der Waals surface area (Å²) >= 11 is 5.97. The van der Waals surface area contributed by atoms with E-state index in [0.717, 1.165) is 5.69 Å². The lowest BCUT2D eigenvalue weighted by Gasteiger charge is -2.10. The number of nitrogens with zero attached hydrogens (tertiary/aromatic N) is 2. The molecule has 1 aromatic heterocycles. The highest BCUT2D eigenvalue weighted by Gasteiger charge is 2.09. The normalized spacial score (nSPS) is 10.7. The molecule has 2 rings (SSSR count). The number of aryl methyl sites for hydroxylation is 1. The van der Waals surface area contributed by atoms with Crippen LogP contribution >= 0.6 is 11.6 Å². The number of rotatable bonds is 5. The molecule has 5 nitrogen and oxygen atoms in total. The summed E-state index contributed by atoms with van der Waals surface area (Å²) in [6.45, 7) is 1.11. The Hall–Kier alpha value is -1.72. The van der Waals surface area contributed by atoms with Crippen molar-refractivity contribution >= 4 is 11.6 Å². The van der Waals surface area contributed by atoms with Gasteiger partial charge < -0.3 is 15.2 Å². The SMILES string of the molecule is COc1cc(Cl)cc(CNCc2ccn(C)n2)c1O. The van der Waals surface area contributed by atoms with E-state index in [4.69, 9.17) is 16.3 Å². The number of benzene rings is 1. The third-order valence-electron chi connectivity index (χ3n) is 2.73. The lowest BCUT2D eigenvalue weighted by Crippen LogP contribution is -2.13. The van der Waals surface area contributed by atoms with Crippen LogP contribution in [0.25, 0.3) is 0 Å². The molecule has 2 N–H and O–H groups in total. The minimum Gasteiger partial charge on any atom is -0.504 e. The fourth-order valence-corrected chi connectivity index (χ4v) is 2.03. The van der Waals surface area contributed by atoms with Gasteiger partial charge in [-0.25, -0.2) is 0 Å². The van der Waals surface area contributed by atoms with Crippen molar-refractivity contribution < 1.29 is 9.84 Å². The Balaban J connectivity index is 2.01. The van der Waals surface area contributed by atoms with Gasteiger partial charge in [-0.15, -0.1) is 0 Å². The van der Waals surface area contributed by atoms with Crippen LogP contribution in [0.4, 0.5) is 0 Å². The Morgan fingerprint density at radius 2 is 2.21 bits per heavy atom. The molecule has 0 saturated carbocycles. The van der Waals surface area contributed by atoms with Gasteiger partial charge in [0.05, 0.1) is 12.8 Å². The molecular weight excluding hydrogens is 266 g/mol. The summed E-state index contributed by atoms with van der Waals surface area (Å²) < 4.78 is 6.80. The molecule has 2 aromatic rings. The fourth-order valence-electron chi connectivity index (χ4n) is 1.80. The summed E-state index contributed by atoms with van der Waals surface area (Å²) in [4.78, 5) is 0. The Morgan fingerprint density at radius 3 is 2.84 bits per heavy atom. The maximum atomic E-state index is 9.97. The molecule has 0 spiro atoms. The van der Waals surface area contributed by atoms with Crippen LogP contribution in [-0.2, 0) is 20.1 Å². The number of ether oxygens (including phenoxy) is 1. The minimum atomic E-state index is 0.112. The lowest BCUT2D eigenvalue weighted by molar-refractivity contribution is 0.369. The Kier molecular flexibility index (Phi) is 4.29. The standard InChI is InChI=1S/C13H16ClN3O2/c1-17-4-3-11(16-17)8-15-7-9-5-10(14)6-12(19-2)13(9)18/h3-6,15,18H,7-8H2,1-2H3. The van der Waals surface area contributed by atoms with Gasteiger partial charge in [-0.3, -0.25) is 4.68 Å². The van der Waals surface area contributed by atoms with Crippen LogP contribution in [0, 0.1) is 0 Å². The summed E-state index contributed by atoms with van der Waals surface area (Å²) in [5.74, 6) is 0.488. The number of hydrogen-bond acceptors (Lipinski definition) is 4. The molecule has 0 atom stereocenters. The molecule has 1 aromatic carbocycles. The molecule has 0 aliphatic rings. The van der Waals surface area contributed by atoms with E-state index >= 15 is 0 Å². The van der Waals surface area contributed by atoms with Crippen LogP contribution < -0.4 is 10.1 Å². The first-order chi connectivity index (χ1) is 9.10. The number of methoxy groups -OCH3 is 1. The number of aromatic hydroxyl groups is 1. The zero-order chi connectivity index (χ0) is 13.8. The lowest BCUT2D eigenvalue weighted by atomic mass is 10.2. The number of aromatic nitrogens is 2. The molecule has 6 heteroatoms. The fraction of sp³-hybridized carbons (Fsp3) is 0.308. The predicted octanol–water partition coefficient (Wildman–Crippen LogP) is 2.08. The van der Waals surface area contributed by atoms with Gasteiger partial charge in [0.1, 0.15) is 0 Å². The monoisotopic (exact) mass is 281 g/mol. The maximum Gasteiger partial charge on any atom is 0.162 e. The van der Waals surface area contributed by atoms with Crippen molar-refractivity contribution in [3.8, 4) is 11.5 Å². The van der Waals surface area contributed by atoms with Crippen molar-refractivity contribution in [2.45, 2.75) is 13.1 Å². The van der Waals surface area contributed by atoms with Crippen molar-refractivity contribution in [2.24, 2.45) is 7.05 Å². The van der Waals surface area contributed by atoms with E-state index in [1.807, 2.05) is 19.3 Å². The molecular formula is C13H16ClN3O2. The molecule has 0 amide bonds. The molecule has 0 aliphatic heterocycles. The first-order valence-corrected chi connectivity index (χ1v) is 6.22. The molecule has 0 bridgehead atoms. The highest BCUT2D eigenvalue weighted by atomic mass is 35.5. The smallest absolute Gasteiger partial charge is 0.162 e. The number of nitrogens with one attached hydrogen (secondary N) is 1. The van der Waals surface area contributed by atoms with E-state index < -0.39 is 0 Å². The summed E-state index contributed by atoms with van der Waals surface area (Å²) in [5, 5.41) is 18.0. The number of hydrogen-bond donors (Lipinski definition) is 2. The maximum absolute atomic E-state index is 9.97. The zero-order valence-corrected chi connectivity index (χ0v) is 11.6. The largest absolute Gasteiger partial charge is 0.504 e. The van der Waals surface area contributed by atoms with Gasteiger partial charge in [0, 0.05) is 43.0 Å². The van der Waals surface area contributed by atoms with Crippen molar-refractivity contribution in [3.63, 3.8) is 0 Å². The predicted molar refractivity (Wildman–Crippen MR) is 73.4 cm³/mol. The highest BCUT2D eigenvalue weighted by molar-refractivity contribution is 6.30. The van der Waals surface area contributed by atoms with Crippen LogP contribution in [0.3, 0.4) is 0 Å². The third kappa shape index (κ3) is 3.39. The molecule has 102 valence electrons. The van der Waals surface area contributed by atoms with Crippen LogP contribution in [0.1, 0.15) is 11.3 Å². The van der Waals surface area contributed by atoms with Gasteiger partial charge in [0.15, 0.2) is 11.5 Å². The van der Waals surface area contributed by atoms with Gasteiger partial charge in [-0.1, -0.05) is 11.6 Å². The Labute approximate surface area is 116 Å². The highest BCUT2D eigenvalue weighted by Crippen LogP contribution is 2.33. The molecule has 0 aliphatic carbocycles.